The van der Waals surface area contributed by atoms with Crippen LogP contribution in [-0.4, -0.2) is 37.1 Å². The highest BCUT2D eigenvalue weighted by atomic mass is 19.4. The predicted molar refractivity (Wildman–Crippen MR) is 74.7 cm³/mol. The summed E-state index contributed by atoms with van der Waals surface area (Å²) in [5, 5.41) is 0. The number of alkyl halides is 3. The van der Waals surface area contributed by atoms with Crippen LogP contribution in [0.4, 0.5) is 18.9 Å². The summed E-state index contributed by atoms with van der Waals surface area (Å²) in [6, 6.07) is 6.00. The van der Waals surface area contributed by atoms with Crippen molar-refractivity contribution in [1.82, 2.24) is 4.90 Å². The van der Waals surface area contributed by atoms with Crippen LogP contribution in [0, 0.1) is 6.92 Å². The highest BCUT2D eigenvalue weighted by Gasteiger charge is 2.31. The highest BCUT2D eigenvalue weighted by molar-refractivity contribution is 5.49. The van der Waals surface area contributed by atoms with Crippen LogP contribution >= 0.6 is 0 Å². The molecular weight excluding hydrogens is 265 g/mol. The van der Waals surface area contributed by atoms with E-state index in [0.29, 0.717) is 11.7 Å². The van der Waals surface area contributed by atoms with Crippen LogP contribution < -0.4 is 4.90 Å². The minimum atomic E-state index is -4.28. The van der Waals surface area contributed by atoms with Gasteiger partial charge in [-0.2, -0.15) is 13.2 Å². The lowest BCUT2D eigenvalue weighted by Gasteiger charge is -2.39. The summed E-state index contributed by atoms with van der Waals surface area (Å²) >= 11 is 0. The summed E-state index contributed by atoms with van der Waals surface area (Å²) in [6.07, 6.45) is -3.43. The van der Waals surface area contributed by atoms with Gasteiger partial charge in [0, 0.05) is 37.9 Å². The number of benzene rings is 1. The summed E-state index contributed by atoms with van der Waals surface area (Å²) < 4.78 is 38.1. The third-order valence-electron chi connectivity index (χ3n) is 3.89. The van der Waals surface area contributed by atoms with Gasteiger partial charge in [0.05, 0.1) is 5.56 Å². The Labute approximate surface area is 118 Å². The lowest BCUT2D eigenvalue weighted by molar-refractivity contribution is -0.137. The van der Waals surface area contributed by atoms with Crippen LogP contribution in [0.2, 0.25) is 0 Å². The van der Waals surface area contributed by atoms with Gasteiger partial charge in [-0.3, -0.25) is 4.90 Å². The number of rotatable bonds is 3. The molecule has 0 amide bonds. The Kier molecular flexibility index (Phi) is 4.58. The lowest BCUT2D eigenvalue weighted by atomic mass is 10.1. The molecular formula is C15H20F3N2. The first-order chi connectivity index (χ1) is 9.41. The maximum atomic E-state index is 12.7. The molecule has 1 aromatic rings. The van der Waals surface area contributed by atoms with E-state index in [1.165, 1.54) is 12.1 Å². The fraction of sp³-hybridized carbons (Fsp3) is 0.533. The predicted octanol–water partition coefficient (Wildman–Crippen LogP) is 3.44. The molecule has 5 heteroatoms. The topological polar surface area (TPSA) is 6.48 Å². The largest absolute Gasteiger partial charge is 0.416 e. The molecule has 0 saturated carbocycles. The van der Waals surface area contributed by atoms with Gasteiger partial charge in [-0.1, -0.05) is 13.0 Å². The van der Waals surface area contributed by atoms with Gasteiger partial charge in [0.25, 0.3) is 0 Å². The summed E-state index contributed by atoms with van der Waals surface area (Å²) in [4.78, 5) is 4.35. The Bertz CT molecular complexity index is 437. The van der Waals surface area contributed by atoms with Crippen molar-refractivity contribution >= 4 is 5.69 Å². The van der Waals surface area contributed by atoms with E-state index in [0.717, 1.165) is 38.7 Å². The number of piperazine rings is 1. The lowest BCUT2D eigenvalue weighted by Crippen LogP contribution is -2.49. The third-order valence-corrected chi connectivity index (χ3v) is 3.89. The van der Waals surface area contributed by atoms with Gasteiger partial charge >= 0.3 is 6.18 Å². The molecule has 0 aliphatic carbocycles. The molecule has 1 heterocycles. The molecule has 1 aliphatic heterocycles. The Balaban J connectivity index is 2.04. The molecule has 20 heavy (non-hydrogen) atoms. The van der Waals surface area contributed by atoms with Crippen molar-refractivity contribution in [2.45, 2.75) is 25.6 Å². The quantitative estimate of drug-likeness (QED) is 0.839. The van der Waals surface area contributed by atoms with Gasteiger partial charge in [-0.25, -0.2) is 0 Å². The van der Waals surface area contributed by atoms with Gasteiger partial charge in [0.1, 0.15) is 0 Å². The van der Waals surface area contributed by atoms with Crippen molar-refractivity contribution < 1.29 is 13.2 Å². The third kappa shape index (κ3) is 3.45. The van der Waals surface area contributed by atoms with Crippen molar-refractivity contribution in [3.05, 3.63) is 36.8 Å². The van der Waals surface area contributed by atoms with Gasteiger partial charge in [0.15, 0.2) is 0 Å². The second-order valence-corrected chi connectivity index (χ2v) is 5.21. The number of nitrogens with zero attached hydrogens (tertiary/aromatic N) is 2. The van der Waals surface area contributed by atoms with E-state index >= 15 is 0 Å². The molecule has 1 fully saturated rings. The zero-order valence-corrected chi connectivity index (χ0v) is 11.7. The molecule has 0 N–H and O–H groups in total. The minimum Gasteiger partial charge on any atom is -0.369 e. The highest BCUT2D eigenvalue weighted by Crippen LogP contribution is 2.31. The molecule has 1 saturated heterocycles. The number of hydrogen-bond donors (Lipinski definition) is 0. The van der Waals surface area contributed by atoms with Crippen LogP contribution in [-0.2, 0) is 6.18 Å². The Morgan fingerprint density at radius 2 is 1.85 bits per heavy atom. The van der Waals surface area contributed by atoms with Crippen molar-refractivity contribution in [2.24, 2.45) is 0 Å². The molecule has 1 aliphatic rings. The first kappa shape index (κ1) is 15.2. The van der Waals surface area contributed by atoms with E-state index in [2.05, 4.69) is 18.7 Å². The van der Waals surface area contributed by atoms with E-state index in [4.69, 9.17) is 0 Å². The van der Waals surface area contributed by atoms with E-state index < -0.39 is 11.7 Å². The first-order valence-electron chi connectivity index (χ1n) is 6.87. The first-order valence-corrected chi connectivity index (χ1v) is 6.87. The van der Waals surface area contributed by atoms with Crippen LogP contribution in [0.25, 0.3) is 0 Å². The van der Waals surface area contributed by atoms with Crippen molar-refractivity contribution in [1.29, 1.82) is 0 Å². The van der Waals surface area contributed by atoms with Gasteiger partial charge in [-0.05, 0) is 31.5 Å². The molecule has 1 aromatic carbocycles. The van der Waals surface area contributed by atoms with Gasteiger partial charge in [0.2, 0.25) is 0 Å². The van der Waals surface area contributed by atoms with Crippen molar-refractivity contribution in [2.75, 3.05) is 31.1 Å². The molecule has 1 radical (unpaired) electrons. The van der Waals surface area contributed by atoms with E-state index in [1.54, 1.807) is 6.07 Å². The molecule has 2 rings (SSSR count). The summed E-state index contributed by atoms with van der Waals surface area (Å²) in [7, 11) is 0. The van der Waals surface area contributed by atoms with Crippen LogP contribution in [0.3, 0.4) is 0 Å². The average molecular weight is 285 g/mol. The van der Waals surface area contributed by atoms with E-state index in [1.807, 2.05) is 4.90 Å². The Morgan fingerprint density at radius 3 is 2.40 bits per heavy atom. The molecule has 0 aromatic heterocycles. The van der Waals surface area contributed by atoms with Crippen LogP contribution in [0.5, 0.6) is 0 Å². The summed E-state index contributed by atoms with van der Waals surface area (Å²) in [5.74, 6) is 0. The Morgan fingerprint density at radius 1 is 1.20 bits per heavy atom. The fourth-order valence-electron chi connectivity index (χ4n) is 2.48. The van der Waals surface area contributed by atoms with Gasteiger partial charge in [-0.15, -0.1) is 0 Å². The normalized spacial score (nSPS) is 19.1. The standard InChI is InChI=1S/C15H20F3N2/c1-3-12(2)19-7-9-20(10-8-19)14-6-4-5-13(11-14)15(16,17)18/h4-6,11-12H,1,3,7-10H2,2H3. The smallest absolute Gasteiger partial charge is 0.369 e. The molecule has 1 atom stereocenters. The summed E-state index contributed by atoms with van der Waals surface area (Å²) in [5.41, 5.74) is 0.0744. The molecule has 111 valence electrons. The summed E-state index contributed by atoms with van der Waals surface area (Å²) in [6.45, 7) is 9.28. The molecule has 0 bridgehead atoms. The number of hydrogen-bond acceptors (Lipinski definition) is 2. The van der Waals surface area contributed by atoms with Crippen molar-refractivity contribution in [3.8, 4) is 0 Å². The SMILES string of the molecule is [CH2]CC(C)N1CCN(c2cccc(C(F)(F)F)c2)CC1. The van der Waals surface area contributed by atoms with E-state index in [-0.39, 0.29) is 0 Å². The maximum Gasteiger partial charge on any atom is 0.416 e. The number of halogens is 3. The van der Waals surface area contributed by atoms with Gasteiger partial charge < -0.3 is 4.90 Å². The zero-order chi connectivity index (χ0) is 14.8. The van der Waals surface area contributed by atoms with Crippen LogP contribution in [0.15, 0.2) is 24.3 Å². The fourth-order valence-corrected chi connectivity index (χ4v) is 2.48. The molecule has 2 nitrogen and oxygen atoms in total. The Hall–Kier alpha value is -1.23. The second-order valence-electron chi connectivity index (χ2n) is 5.21. The van der Waals surface area contributed by atoms with E-state index in [9.17, 15) is 13.2 Å². The van der Waals surface area contributed by atoms with Crippen LogP contribution in [0.1, 0.15) is 18.9 Å². The average Bonchev–Trinajstić information content (AvgIpc) is 2.46. The number of anilines is 1. The minimum absolute atomic E-state index is 0.429. The monoisotopic (exact) mass is 285 g/mol. The second kappa shape index (κ2) is 6.04. The zero-order valence-electron chi connectivity index (χ0n) is 11.7. The molecule has 0 spiro atoms. The van der Waals surface area contributed by atoms with Crippen molar-refractivity contribution in [3.63, 3.8) is 0 Å². The maximum absolute atomic E-state index is 12.7. The molecule has 1 unspecified atom stereocenters.